The highest BCUT2D eigenvalue weighted by atomic mass is 79.9. The van der Waals surface area contributed by atoms with Crippen molar-refractivity contribution in [2.75, 3.05) is 0 Å². The standard InChI is InChI=1S/C15H17BrN2O/c16-11-5-3-4-10(8-11)14(19)9-15-17-12-6-1-2-7-13(12)18-15/h3-5,8-9,12-13,17-18H,1-2,6-7H2/b15-9-/t12-,13+/m0/s1. The Labute approximate surface area is 121 Å². The van der Waals surface area contributed by atoms with Gasteiger partial charge in [0.25, 0.3) is 0 Å². The van der Waals surface area contributed by atoms with Gasteiger partial charge in [-0.3, -0.25) is 4.79 Å². The summed E-state index contributed by atoms with van der Waals surface area (Å²) >= 11 is 3.39. The van der Waals surface area contributed by atoms with Crippen LogP contribution in [0.1, 0.15) is 36.0 Å². The maximum atomic E-state index is 12.2. The smallest absolute Gasteiger partial charge is 0.189 e. The fourth-order valence-corrected chi connectivity index (χ4v) is 3.26. The highest BCUT2D eigenvalue weighted by molar-refractivity contribution is 9.10. The van der Waals surface area contributed by atoms with Gasteiger partial charge in [-0.25, -0.2) is 0 Å². The molecule has 1 aromatic carbocycles. The molecule has 1 aliphatic carbocycles. The number of carbonyl (C=O) groups excluding carboxylic acids is 1. The Balaban J connectivity index is 1.74. The molecule has 2 atom stereocenters. The van der Waals surface area contributed by atoms with Crippen molar-refractivity contribution >= 4 is 21.7 Å². The minimum Gasteiger partial charge on any atom is -0.367 e. The summed E-state index contributed by atoms with van der Waals surface area (Å²) in [5.74, 6) is 0.914. The van der Waals surface area contributed by atoms with Gasteiger partial charge < -0.3 is 10.6 Å². The molecular weight excluding hydrogens is 304 g/mol. The third-order valence-electron chi connectivity index (χ3n) is 3.83. The molecule has 1 aromatic rings. The van der Waals surface area contributed by atoms with Crippen LogP contribution in [0.2, 0.25) is 0 Å². The number of halogens is 1. The number of benzene rings is 1. The van der Waals surface area contributed by atoms with E-state index >= 15 is 0 Å². The highest BCUT2D eigenvalue weighted by Gasteiger charge is 2.31. The molecule has 1 saturated heterocycles. The van der Waals surface area contributed by atoms with Crippen molar-refractivity contribution in [1.82, 2.24) is 10.6 Å². The topological polar surface area (TPSA) is 41.1 Å². The molecule has 0 spiro atoms. The van der Waals surface area contributed by atoms with E-state index in [2.05, 4.69) is 26.6 Å². The van der Waals surface area contributed by atoms with Gasteiger partial charge >= 0.3 is 0 Å². The fourth-order valence-electron chi connectivity index (χ4n) is 2.86. The number of rotatable bonds is 2. The maximum absolute atomic E-state index is 12.2. The molecule has 1 heterocycles. The molecule has 3 nitrogen and oxygen atoms in total. The second-order valence-corrected chi connectivity index (χ2v) is 6.13. The van der Waals surface area contributed by atoms with E-state index in [1.54, 1.807) is 6.08 Å². The third kappa shape index (κ3) is 2.84. The van der Waals surface area contributed by atoms with Crippen LogP contribution in [-0.2, 0) is 0 Å². The summed E-state index contributed by atoms with van der Waals surface area (Å²) in [6.45, 7) is 0. The molecule has 2 N–H and O–H groups in total. The van der Waals surface area contributed by atoms with Crippen molar-refractivity contribution in [2.45, 2.75) is 37.8 Å². The van der Waals surface area contributed by atoms with Crippen molar-refractivity contribution < 1.29 is 4.79 Å². The second-order valence-electron chi connectivity index (χ2n) is 5.22. The molecule has 0 aromatic heterocycles. The van der Waals surface area contributed by atoms with E-state index in [4.69, 9.17) is 0 Å². The molecule has 100 valence electrons. The molecular formula is C15H17BrN2O. The van der Waals surface area contributed by atoms with Crippen LogP contribution in [0.25, 0.3) is 0 Å². The number of fused-ring (bicyclic) bond motifs is 1. The highest BCUT2D eigenvalue weighted by Crippen LogP contribution is 2.24. The average molecular weight is 321 g/mol. The summed E-state index contributed by atoms with van der Waals surface area (Å²) < 4.78 is 0.928. The predicted octanol–water partition coefficient (Wildman–Crippen LogP) is 2.98. The van der Waals surface area contributed by atoms with E-state index in [9.17, 15) is 4.79 Å². The number of hydrogen-bond donors (Lipinski definition) is 2. The third-order valence-corrected chi connectivity index (χ3v) is 4.33. The molecule has 1 aliphatic heterocycles. The van der Waals surface area contributed by atoms with Crippen molar-refractivity contribution in [3.63, 3.8) is 0 Å². The first-order valence-corrected chi connectivity index (χ1v) is 7.56. The molecule has 19 heavy (non-hydrogen) atoms. The second kappa shape index (κ2) is 5.37. The minimum atomic E-state index is 0.0370. The summed E-state index contributed by atoms with van der Waals surface area (Å²) in [5.41, 5.74) is 0.709. The quantitative estimate of drug-likeness (QED) is 0.650. The Morgan fingerprint density at radius 2 is 1.89 bits per heavy atom. The maximum Gasteiger partial charge on any atom is 0.189 e. The lowest BCUT2D eigenvalue weighted by atomic mass is 9.92. The Hall–Kier alpha value is -1.29. The van der Waals surface area contributed by atoms with Crippen LogP contribution in [0, 0.1) is 0 Å². The van der Waals surface area contributed by atoms with Gasteiger partial charge in [-0.1, -0.05) is 40.9 Å². The number of ketones is 1. The zero-order valence-electron chi connectivity index (χ0n) is 10.7. The SMILES string of the molecule is O=C(/C=C1/N[C@H]2CCCC[C@H]2N1)c1cccc(Br)c1. The molecule has 0 radical (unpaired) electrons. The average Bonchev–Trinajstić information content (AvgIpc) is 2.80. The van der Waals surface area contributed by atoms with E-state index in [0.717, 1.165) is 10.3 Å². The first kappa shape index (κ1) is 12.7. The lowest BCUT2D eigenvalue weighted by molar-refractivity contribution is 0.104. The lowest BCUT2D eigenvalue weighted by Crippen LogP contribution is -2.36. The van der Waals surface area contributed by atoms with Crippen LogP contribution in [-0.4, -0.2) is 17.9 Å². The van der Waals surface area contributed by atoms with E-state index in [1.165, 1.54) is 25.7 Å². The molecule has 1 saturated carbocycles. The Morgan fingerprint density at radius 1 is 1.21 bits per heavy atom. The molecule has 2 aliphatic rings. The first-order chi connectivity index (χ1) is 9.22. The summed E-state index contributed by atoms with van der Waals surface area (Å²) in [4.78, 5) is 12.2. The summed E-state index contributed by atoms with van der Waals surface area (Å²) in [7, 11) is 0. The van der Waals surface area contributed by atoms with E-state index in [1.807, 2.05) is 24.3 Å². The van der Waals surface area contributed by atoms with Crippen LogP contribution < -0.4 is 10.6 Å². The van der Waals surface area contributed by atoms with Crippen LogP contribution >= 0.6 is 15.9 Å². The van der Waals surface area contributed by atoms with Gasteiger partial charge in [-0.2, -0.15) is 0 Å². The van der Waals surface area contributed by atoms with Crippen molar-refractivity contribution in [1.29, 1.82) is 0 Å². The Morgan fingerprint density at radius 3 is 2.53 bits per heavy atom. The minimum absolute atomic E-state index is 0.0370. The molecule has 3 rings (SSSR count). The van der Waals surface area contributed by atoms with E-state index < -0.39 is 0 Å². The monoisotopic (exact) mass is 320 g/mol. The summed E-state index contributed by atoms with van der Waals surface area (Å²) in [6, 6.07) is 8.48. The first-order valence-electron chi connectivity index (χ1n) is 6.77. The van der Waals surface area contributed by atoms with Crippen LogP contribution in [0.5, 0.6) is 0 Å². The largest absolute Gasteiger partial charge is 0.367 e. The van der Waals surface area contributed by atoms with Crippen molar-refractivity contribution in [3.05, 3.63) is 46.2 Å². The van der Waals surface area contributed by atoms with Gasteiger partial charge in [0.2, 0.25) is 0 Å². The van der Waals surface area contributed by atoms with Crippen LogP contribution in [0.15, 0.2) is 40.6 Å². The normalized spacial score (nSPS) is 27.5. The van der Waals surface area contributed by atoms with Gasteiger partial charge in [-0.05, 0) is 25.0 Å². The van der Waals surface area contributed by atoms with Gasteiger partial charge in [0.05, 0.1) is 0 Å². The Bertz CT molecular complexity index is 511. The van der Waals surface area contributed by atoms with E-state index in [0.29, 0.717) is 17.6 Å². The molecule has 0 unspecified atom stereocenters. The summed E-state index contributed by atoms with van der Waals surface area (Å²) in [5, 5.41) is 6.85. The zero-order valence-corrected chi connectivity index (χ0v) is 12.2. The molecule has 0 amide bonds. The predicted molar refractivity (Wildman–Crippen MR) is 78.9 cm³/mol. The van der Waals surface area contributed by atoms with Crippen molar-refractivity contribution in [2.24, 2.45) is 0 Å². The van der Waals surface area contributed by atoms with Gasteiger partial charge in [0.15, 0.2) is 5.78 Å². The van der Waals surface area contributed by atoms with E-state index in [-0.39, 0.29) is 5.78 Å². The van der Waals surface area contributed by atoms with Gasteiger partial charge in [0.1, 0.15) is 5.82 Å². The van der Waals surface area contributed by atoms with Gasteiger partial charge in [0, 0.05) is 28.2 Å². The van der Waals surface area contributed by atoms with Crippen LogP contribution in [0.4, 0.5) is 0 Å². The lowest BCUT2D eigenvalue weighted by Gasteiger charge is -2.23. The zero-order chi connectivity index (χ0) is 13.2. The van der Waals surface area contributed by atoms with Gasteiger partial charge in [-0.15, -0.1) is 0 Å². The Kier molecular flexibility index (Phi) is 3.60. The number of allylic oxidation sites excluding steroid dienone is 1. The number of hydrogen-bond acceptors (Lipinski definition) is 3. The number of nitrogens with one attached hydrogen (secondary N) is 2. The summed E-state index contributed by atoms with van der Waals surface area (Å²) in [6.07, 6.45) is 6.63. The molecule has 0 bridgehead atoms. The molecule has 2 fully saturated rings. The number of carbonyl (C=O) groups is 1. The van der Waals surface area contributed by atoms with Crippen molar-refractivity contribution in [3.8, 4) is 0 Å². The molecule has 4 heteroatoms. The van der Waals surface area contributed by atoms with Crippen LogP contribution in [0.3, 0.4) is 0 Å². The fraction of sp³-hybridized carbons (Fsp3) is 0.400.